The van der Waals surface area contributed by atoms with Crippen LogP contribution in [0.15, 0.2) is 12.4 Å². The van der Waals surface area contributed by atoms with E-state index in [9.17, 15) is 4.79 Å². The molecule has 1 aliphatic rings. The van der Waals surface area contributed by atoms with Gasteiger partial charge in [-0.15, -0.1) is 0 Å². The number of carboxylic acids is 1. The van der Waals surface area contributed by atoms with E-state index in [0.29, 0.717) is 6.42 Å². The first kappa shape index (κ1) is 18.8. The Bertz CT molecular complexity index is 267. The van der Waals surface area contributed by atoms with Crippen LogP contribution in [0.5, 0.6) is 0 Å². The Hall–Kier alpha value is -1.19. The van der Waals surface area contributed by atoms with Gasteiger partial charge in [0, 0.05) is 32.4 Å². The summed E-state index contributed by atoms with van der Waals surface area (Å²) in [7, 11) is 2.11. The predicted octanol–water partition coefficient (Wildman–Crippen LogP) is 3.89. The molecule has 4 heteroatoms. The number of unbranched alkanes of at least 4 members (excludes halogenated alkanes) is 5. The molecule has 0 fully saturated rings. The SMILES string of the molecule is CCCCCC(=O)O.CCCCCCN1C=CN(C)C1. The molecule has 0 aliphatic carbocycles. The van der Waals surface area contributed by atoms with Gasteiger partial charge in [0.25, 0.3) is 0 Å². The first-order chi connectivity index (χ1) is 9.60. The number of carbonyl (C=O) groups is 1. The van der Waals surface area contributed by atoms with Crippen molar-refractivity contribution < 1.29 is 9.90 Å². The fourth-order valence-electron chi connectivity index (χ4n) is 2.00. The fourth-order valence-corrected chi connectivity index (χ4v) is 2.00. The topological polar surface area (TPSA) is 43.8 Å². The Balaban J connectivity index is 0.000000396. The van der Waals surface area contributed by atoms with E-state index in [2.05, 4.69) is 43.1 Å². The molecule has 118 valence electrons. The maximum absolute atomic E-state index is 9.87. The van der Waals surface area contributed by atoms with E-state index >= 15 is 0 Å². The highest BCUT2D eigenvalue weighted by atomic mass is 16.4. The molecule has 4 nitrogen and oxygen atoms in total. The van der Waals surface area contributed by atoms with Crippen LogP contribution in [0.1, 0.15) is 65.2 Å². The van der Waals surface area contributed by atoms with Gasteiger partial charge < -0.3 is 14.9 Å². The summed E-state index contributed by atoms with van der Waals surface area (Å²) >= 11 is 0. The van der Waals surface area contributed by atoms with Crippen LogP contribution in [0.25, 0.3) is 0 Å². The lowest BCUT2D eigenvalue weighted by molar-refractivity contribution is -0.137. The Morgan fingerprint density at radius 3 is 2.20 bits per heavy atom. The summed E-state index contributed by atoms with van der Waals surface area (Å²) in [6.45, 7) is 6.61. The highest BCUT2D eigenvalue weighted by Gasteiger charge is 2.06. The summed E-state index contributed by atoms with van der Waals surface area (Å²) in [4.78, 5) is 14.5. The van der Waals surface area contributed by atoms with Crippen molar-refractivity contribution in [1.29, 1.82) is 0 Å². The molecule has 0 radical (unpaired) electrons. The summed E-state index contributed by atoms with van der Waals surface area (Å²) in [5.74, 6) is -0.682. The van der Waals surface area contributed by atoms with Gasteiger partial charge in [-0.1, -0.05) is 46.0 Å². The first-order valence-electron chi connectivity index (χ1n) is 7.94. The van der Waals surface area contributed by atoms with Crippen LogP contribution >= 0.6 is 0 Å². The van der Waals surface area contributed by atoms with Gasteiger partial charge in [-0.25, -0.2) is 0 Å². The van der Waals surface area contributed by atoms with E-state index in [1.165, 1.54) is 32.2 Å². The summed E-state index contributed by atoms with van der Waals surface area (Å²) in [5, 5.41) is 8.14. The first-order valence-corrected chi connectivity index (χ1v) is 7.94. The number of rotatable bonds is 9. The lowest BCUT2D eigenvalue weighted by Crippen LogP contribution is -2.23. The van der Waals surface area contributed by atoms with Crippen LogP contribution in [0, 0.1) is 0 Å². The zero-order chi connectivity index (χ0) is 15.2. The van der Waals surface area contributed by atoms with Crippen LogP contribution in [-0.2, 0) is 4.79 Å². The minimum Gasteiger partial charge on any atom is -0.481 e. The van der Waals surface area contributed by atoms with Gasteiger partial charge in [-0.05, 0) is 12.8 Å². The van der Waals surface area contributed by atoms with E-state index in [4.69, 9.17) is 5.11 Å². The molecule has 0 aromatic rings. The van der Waals surface area contributed by atoms with Gasteiger partial charge >= 0.3 is 5.97 Å². The summed E-state index contributed by atoms with van der Waals surface area (Å²) in [6.07, 6.45) is 13.0. The standard InChI is InChI=1S/C10H20N2.C6H12O2/c1-3-4-5-6-7-12-9-8-11(2)10-12;1-2-3-4-5-6(7)8/h8-9H,3-7,10H2,1-2H3;2-5H2,1H3,(H,7,8). The van der Waals surface area contributed by atoms with Crippen molar-refractivity contribution >= 4 is 5.97 Å². The molecule has 0 saturated heterocycles. The molecule has 1 N–H and O–H groups in total. The number of hydrogen-bond acceptors (Lipinski definition) is 3. The number of hydrogen-bond donors (Lipinski definition) is 1. The molecule has 1 rings (SSSR count). The number of carboxylic acid groups (broad SMARTS) is 1. The van der Waals surface area contributed by atoms with Gasteiger partial charge in [0.1, 0.15) is 0 Å². The van der Waals surface area contributed by atoms with E-state index < -0.39 is 5.97 Å². The minimum absolute atomic E-state index is 0.327. The molecule has 0 bridgehead atoms. The maximum Gasteiger partial charge on any atom is 0.303 e. The second kappa shape index (κ2) is 12.8. The highest BCUT2D eigenvalue weighted by molar-refractivity contribution is 5.66. The maximum atomic E-state index is 9.87. The summed E-state index contributed by atoms with van der Waals surface area (Å²) in [6, 6.07) is 0. The second-order valence-electron chi connectivity index (χ2n) is 5.42. The van der Waals surface area contributed by atoms with E-state index in [1.807, 2.05) is 0 Å². The molecule has 0 unspecified atom stereocenters. The smallest absolute Gasteiger partial charge is 0.303 e. The number of nitrogens with zero attached hydrogens (tertiary/aromatic N) is 2. The van der Waals surface area contributed by atoms with Crippen LogP contribution < -0.4 is 0 Å². The molecule has 0 aromatic heterocycles. The highest BCUT2D eigenvalue weighted by Crippen LogP contribution is 2.06. The third kappa shape index (κ3) is 11.9. The van der Waals surface area contributed by atoms with Crippen LogP contribution in [-0.4, -0.2) is 41.1 Å². The molecular weight excluding hydrogens is 252 g/mol. The monoisotopic (exact) mass is 284 g/mol. The Labute approximate surface area is 124 Å². The zero-order valence-electron chi connectivity index (χ0n) is 13.5. The Kier molecular flexibility index (Phi) is 12.1. The predicted molar refractivity (Wildman–Crippen MR) is 84.4 cm³/mol. The van der Waals surface area contributed by atoms with Crippen LogP contribution in [0.3, 0.4) is 0 Å². The zero-order valence-corrected chi connectivity index (χ0v) is 13.5. The molecule has 1 heterocycles. The van der Waals surface area contributed by atoms with E-state index in [0.717, 1.165) is 25.9 Å². The summed E-state index contributed by atoms with van der Waals surface area (Å²) < 4.78 is 0. The minimum atomic E-state index is -0.682. The quantitative estimate of drug-likeness (QED) is 0.652. The average molecular weight is 284 g/mol. The van der Waals surface area contributed by atoms with E-state index in [1.54, 1.807) is 0 Å². The normalized spacial score (nSPS) is 13.3. The van der Waals surface area contributed by atoms with Gasteiger partial charge in [0.15, 0.2) is 0 Å². The van der Waals surface area contributed by atoms with Crippen LogP contribution in [0.4, 0.5) is 0 Å². The molecule has 0 amide bonds. The van der Waals surface area contributed by atoms with Gasteiger partial charge in [0.2, 0.25) is 0 Å². The van der Waals surface area contributed by atoms with E-state index in [-0.39, 0.29) is 0 Å². The van der Waals surface area contributed by atoms with Crippen molar-refractivity contribution in [1.82, 2.24) is 9.80 Å². The Morgan fingerprint density at radius 1 is 1.05 bits per heavy atom. The van der Waals surface area contributed by atoms with Crippen molar-refractivity contribution in [3.8, 4) is 0 Å². The third-order valence-electron chi connectivity index (χ3n) is 3.23. The molecule has 20 heavy (non-hydrogen) atoms. The molecular formula is C16H32N2O2. The van der Waals surface area contributed by atoms with Crippen molar-refractivity contribution in [3.63, 3.8) is 0 Å². The van der Waals surface area contributed by atoms with Crippen molar-refractivity contribution in [2.45, 2.75) is 65.2 Å². The van der Waals surface area contributed by atoms with Crippen molar-refractivity contribution in [3.05, 3.63) is 12.4 Å². The molecule has 0 spiro atoms. The lowest BCUT2D eigenvalue weighted by Gasteiger charge is -2.17. The van der Waals surface area contributed by atoms with Crippen molar-refractivity contribution in [2.75, 3.05) is 20.3 Å². The van der Waals surface area contributed by atoms with Gasteiger partial charge in [-0.2, -0.15) is 0 Å². The number of aliphatic carboxylic acids is 1. The van der Waals surface area contributed by atoms with Gasteiger partial charge in [-0.3, -0.25) is 4.79 Å². The summed E-state index contributed by atoms with van der Waals surface area (Å²) in [5.41, 5.74) is 0. The van der Waals surface area contributed by atoms with Gasteiger partial charge in [0.05, 0.1) is 6.67 Å². The van der Waals surface area contributed by atoms with Crippen molar-refractivity contribution in [2.24, 2.45) is 0 Å². The molecule has 0 saturated carbocycles. The molecule has 1 aliphatic heterocycles. The third-order valence-corrected chi connectivity index (χ3v) is 3.23. The van der Waals surface area contributed by atoms with Crippen LogP contribution in [0.2, 0.25) is 0 Å². The molecule has 0 atom stereocenters. The average Bonchev–Trinajstić information content (AvgIpc) is 2.81. The molecule has 0 aromatic carbocycles. The lowest BCUT2D eigenvalue weighted by atomic mass is 10.2. The fraction of sp³-hybridized carbons (Fsp3) is 0.812. The largest absolute Gasteiger partial charge is 0.481 e. The Morgan fingerprint density at radius 2 is 1.70 bits per heavy atom. The second-order valence-corrected chi connectivity index (χ2v) is 5.42.